The van der Waals surface area contributed by atoms with E-state index in [1.807, 2.05) is 13.0 Å². The molecule has 2 aromatic carbocycles. The molecule has 2 saturated heterocycles. The number of alkyl halides is 2. The number of hydrogen-bond acceptors (Lipinski definition) is 5. The summed E-state index contributed by atoms with van der Waals surface area (Å²) in [6, 6.07) is 10.1. The van der Waals surface area contributed by atoms with Gasteiger partial charge in [-0.05, 0) is 32.4 Å². The van der Waals surface area contributed by atoms with Crippen molar-refractivity contribution in [1.82, 2.24) is 10.2 Å². The van der Waals surface area contributed by atoms with E-state index in [0.717, 1.165) is 47.8 Å². The van der Waals surface area contributed by atoms with Gasteiger partial charge in [0, 0.05) is 34.0 Å². The lowest BCUT2D eigenvalue weighted by atomic mass is 9.82. The Balaban J connectivity index is 1.49. The molecule has 186 valence electrons. The molecule has 2 aliphatic rings. The predicted octanol–water partition coefficient (Wildman–Crippen LogP) is 6.37. The molecular weight excluding hydrogens is 453 g/mol. The van der Waals surface area contributed by atoms with Crippen molar-refractivity contribution in [2.24, 2.45) is 5.41 Å². The number of fused-ring (bicyclic) bond motifs is 3. The monoisotopic (exact) mass is 484 g/mol. The van der Waals surface area contributed by atoms with Gasteiger partial charge in [0.1, 0.15) is 5.82 Å². The predicted molar refractivity (Wildman–Crippen MR) is 132 cm³/mol. The van der Waals surface area contributed by atoms with Crippen molar-refractivity contribution in [2.45, 2.75) is 65.1 Å². The van der Waals surface area contributed by atoms with Gasteiger partial charge in [-0.2, -0.15) is 5.10 Å². The number of nitrogens with zero attached hydrogens (tertiary/aromatic N) is 3. The Bertz CT molecular complexity index is 1270. The van der Waals surface area contributed by atoms with E-state index in [1.165, 1.54) is 32.9 Å². The summed E-state index contributed by atoms with van der Waals surface area (Å²) in [6.45, 7) is 9.44. The molecule has 0 unspecified atom stereocenters. The van der Waals surface area contributed by atoms with Gasteiger partial charge in [0.15, 0.2) is 5.82 Å². The molecule has 8 heteroatoms. The van der Waals surface area contributed by atoms with Crippen LogP contribution >= 0.6 is 0 Å². The van der Waals surface area contributed by atoms with Crippen molar-refractivity contribution in [3.63, 3.8) is 0 Å². The number of aromatic nitrogens is 2. The molecular formula is C27H31F3N4O. The van der Waals surface area contributed by atoms with Gasteiger partial charge < -0.3 is 15.0 Å². The Kier molecular flexibility index (Phi) is 5.70. The zero-order valence-electron chi connectivity index (χ0n) is 20.7. The Morgan fingerprint density at radius 1 is 1.11 bits per heavy atom. The maximum atomic E-state index is 15.4. The van der Waals surface area contributed by atoms with Crippen LogP contribution in [0.25, 0.3) is 10.8 Å². The van der Waals surface area contributed by atoms with Crippen LogP contribution in [0.2, 0.25) is 0 Å². The largest absolute Gasteiger partial charge is 0.374 e. The van der Waals surface area contributed by atoms with Gasteiger partial charge in [0.2, 0.25) is 0 Å². The van der Waals surface area contributed by atoms with E-state index in [1.54, 1.807) is 6.92 Å². The molecule has 3 atom stereocenters. The van der Waals surface area contributed by atoms with Crippen LogP contribution in [0.4, 0.5) is 24.7 Å². The number of rotatable bonds is 5. The lowest BCUT2D eigenvalue weighted by molar-refractivity contribution is -0.107. The minimum absolute atomic E-state index is 0.159. The lowest BCUT2D eigenvalue weighted by Crippen LogP contribution is -2.36. The highest BCUT2D eigenvalue weighted by Gasteiger charge is 2.47. The van der Waals surface area contributed by atoms with E-state index < -0.39 is 28.8 Å². The van der Waals surface area contributed by atoms with Gasteiger partial charge >= 0.3 is 0 Å². The third-order valence-corrected chi connectivity index (χ3v) is 7.31. The van der Waals surface area contributed by atoms with Crippen LogP contribution in [-0.2, 0) is 10.7 Å². The first-order chi connectivity index (χ1) is 16.5. The Hall–Kier alpha value is -2.87. The summed E-state index contributed by atoms with van der Waals surface area (Å²) in [5.74, 6) is -3.73. The molecule has 0 spiro atoms. The van der Waals surface area contributed by atoms with Crippen LogP contribution in [0, 0.1) is 18.2 Å². The minimum atomic E-state index is -3.32. The fourth-order valence-electron chi connectivity index (χ4n) is 5.09. The molecule has 2 bridgehead atoms. The van der Waals surface area contributed by atoms with Crippen molar-refractivity contribution in [3.8, 4) is 0 Å². The van der Waals surface area contributed by atoms with E-state index in [-0.39, 0.29) is 11.7 Å². The molecule has 3 heterocycles. The van der Waals surface area contributed by atoms with Gasteiger partial charge in [-0.1, -0.05) is 45.0 Å². The molecule has 2 aliphatic heterocycles. The van der Waals surface area contributed by atoms with E-state index in [9.17, 15) is 0 Å². The Labute approximate surface area is 203 Å². The molecule has 0 saturated carbocycles. The van der Waals surface area contributed by atoms with Crippen molar-refractivity contribution < 1.29 is 17.9 Å². The van der Waals surface area contributed by atoms with Gasteiger partial charge in [0.05, 0.1) is 36.1 Å². The topological polar surface area (TPSA) is 50.3 Å². The van der Waals surface area contributed by atoms with Gasteiger partial charge in [0.25, 0.3) is 5.92 Å². The summed E-state index contributed by atoms with van der Waals surface area (Å²) in [5.41, 5.74) is 0.0122. The summed E-state index contributed by atoms with van der Waals surface area (Å²) in [6.07, 6.45) is 1.30. The average Bonchev–Trinajstić information content (AvgIpc) is 3.44. The standard InChI is InChI=1S/C27H31F3N4O/c1-15(21-7-6-8-23(24(21)28)27(29,30)26(3,4)5)31-25-22-12-17(9-10-20(22)16(2)32-33-25)34-13-19-11-18(34)14-35-19/h6-10,12,15,18-19H,11,13-14H2,1-5H3,(H,31,33)/t15-,18-,19-/m1/s1. The maximum Gasteiger partial charge on any atom is 0.280 e. The van der Waals surface area contributed by atoms with Crippen molar-refractivity contribution in [2.75, 3.05) is 23.4 Å². The second-order valence-corrected chi connectivity index (χ2v) is 10.8. The normalized spacial score (nSPS) is 21.1. The van der Waals surface area contributed by atoms with Crippen LogP contribution in [0.3, 0.4) is 0 Å². The van der Waals surface area contributed by atoms with E-state index in [0.29, 0.717) is 11.9 Å². The number of anilines is 2. The second kappa shape index (κ2) is 8.36. The number of benzene rings is 2. The number of ether oxygens (including phenoxy) is 1. The highest BCUT2D eigenvalue weighted by atomic mass is 19.3. The highest BCUT2D eigenvalue weighted by Crippen LogP contribution is 2.46. The first kappa shape index (κ1) is 23.9. The molecule has 3 aromatic rings. The molecule has 1 N–H and O–H groups in total. The van der Waals surface area contributed by atoms with Gasteiger partial charge in [-0.25, -0.2) is 13.2 Å². The number of nitrogens with one attached hydrogen (secondary N) is 1. The smallest absolute Gasteiger partial charge is 0.280 e. The lowest BCUT2D eigenvalue weighted by Gasteiger charge is -2.31. The Morgan fingerprint density at radius 3 is 2.54 bits per heavy atom. The summed E-state index contributed by atoms with van der Waals surface area (Å²) >= 11 is 0. The van der Waals surface area contributed by atoms with Crippen molar-refractivity contribution in [1.29, 1.82) is 0 Å². The van der Waals surface area contributed by atoms with Crippen LogP contribution in [0.5, 0.6) is 0 Å². The molecule has 0 radical (unpaired) electrons. The summed E-state index contributed by atoms with van der Waals surface area (Å²) in [7, 11) is 0. The zero-order valence-corrected chi connectivity index (χ0v) is 20.7. The molecule has 5 nitrogen and oxygen atoms in total. The first-order valence-electron chi connectivity index (χ1n) is 12.1. The third kappa shape index (κ3) is 4.01. The second-order valence-electron chi connectivity index (χ2n) is 10.8. The van der Waals surface area contributed by atoms with Crippen molar-refractivity contribution in [3.05, 3.63) is 59.0 Å². The van der Waals surface area contributed by atoms with E-state index >= 15 is 13.2 Å². The number of hydrogen-bond donors (Lipinski definition) is 1. The highest BCUT2D eigenvalue weighted by molar-refractivity contribution is 5.95. The minimum Gasteiger partial charge on any atom is -0.374 e. The Morgan fingerprint density at radius 2 is 1.89 bits per heavy atom. The van der Waals surface area contributed by atoms with Crippen LogP contribution in [0.1, 0.15) is 57.0 Å². The third-order valence-electron chi connectivity index (χ3n) is 7.31. The van der Waals surface area contributed by atoms with Crippen LogP contribution in [0.15, 0.2) is 36.4 Å². The number of halogens is 3. The van der Waals surface area contributed by atoms with Crippen molar-refractivity contribution >= 4 is 22.3 Å². The van der Waals surface area contributed by atoms with Gasteiger partial charge in [-0.3, -0.25) is 0 Å². The van der Waals surface area contributed by atoms with Crippen LogP contribution in [-0.4, -0.2) is 35.5 Å². The van der Waals surface area contributed by atoms with Crippen LogP contribution < -0.4 is 10.2 Å². The quantitative estimate of drug-likeness (QED) is 0.456. The summed E-state index contributed by atoms with van der Waals surface area (Å²) in [5, 5.41) is 13.7. The molecule has 1 aromatic heterocycles. The average molecular weight is 485 g/mol. The number of morpholine rings is 1. The number of aryl methyl sites for hydroxylation is 1. The molecule has 0 aliphatic carbocycles. The fraction of sp³-hybridized carbons (Fsp3) is 0.481. The first-order valence-corrected chi connectivity index (χ1v) is 12.1. The van der Waals surface area contributed by atoms with Gasteiger partial charge in [-0.15, -0.1) is 5.10 Å². The van der Waals surface area contributed by atoms with E-state index in [4.69, 9.17) is 4.74 Å². The van der Waals surface area contributed by atoms with E-state index in [2.05, 4.69) is 32.5 Å². The maximum absolute atomic E-state index is 15.4. The summed E-state index contributed by atoms with van der Waals surface area (Å²) in [4.78, 5) is 2.36. The fourth-order valence-corrected chi connectivity index (χ4v) is 5.09. The molecule has 35 heavy (non-hydrogen) atoms. The SMILES string of the molecule is Cc1nnc(N[C@H](C)c2cccc(C(F)(F)C(C)(C)C)c2F)c2cc(N3C[C@H]4C[C@@H]3CO4)ccc12. The molecule has 2 fully saturated rings. The summed E-state index contributed by atoms with van der Waals surface area (Å²) < 4.78 is 51.2. The molecule has 5 rings (SSSR count). The molecule has 0 amide bonds. The zero-order chi connectivity index (χ0) is 25.1.